The van der Waals surface area contributed by atoms with E-state index in [9.17, 15) is 13.2 Å². The van der Waals surface area contributed by atoms with Crippen molar-refractivity contribution in [3.8, 4) is 11.3 Å². The van der Waals surface area contributed by atoms with Gasteiger partial charge in [0.15, 0.2) is 0 Å². The van der Waals surface area contributed by atoms with E-state index in [-0.39, 0.29) is 17.1 Å². The molecule has 0 saturated heterocycles. The number of benzene rings is 1. The van der Waals surface area contributed by atoms with Crippen LogP contribution in [0, 0.1) is 0 Å². The minimum absolute atomic E-state index is 0.0267. The molecular weight excluding hydrogens is 380 g/mol. The summed E-state index contributed by atoms with van der Waals surface area (Å²) in [5.41, 5.74) is 1.16. The van der Waals surface area contributed by atoms with Gasteiger partial charge in [-0.1, -0.05) is 30.3 Å². The first kappa shape index (κ1) is 17.9. The maximum absolute atomic E-state index is 13.3. The third-order valence-electron chi connectivity index (χ3n) is 4.15. The molecule has 4 aromatic rings. The number of fused-ring (bicyclic) bond motifs is 1. The number of ether oxygens (including phenoxy) is 1. The fourth-order valence-electron chi connectivity index (χ4n) is 2.83. The molecule has 0 N–H and O–H groups in total. The van der Waals surface area contributed by atoms with E-state index in [0.29, 0.717) is 17.0 Å². The maximum atomic E-state index is 13.3. The average molecular weight is 396 g/mol. The monoisotopic (exact) mass is 396 g/mol. The van der Waals surface area contributed by atoms with Crippen LogP contribution >= 0.6 is 0 Å². The van der Waals surface area contributed by atoms with Gasteiger partial charge in [-0.2, -0.15) is 0 Å². The first-order valence-corrected chi connectivity index (χ1v) is 9.94. The van der Waals surface area contributed by atoms with Crippen LogP contribution in [-0.2, 0) is 14.8 Å². The molecule has 0 saturated carbocycles. The van der Waals surface area contributed by atoms with Crippen LogP contribution in [0.4, 0.5) is 0 Å². The summed E-state index contributed by atoms with van der Waals surface area (Å²) in [5, 5.41) is 0. The Morgan fingerprint density at radius 1 is 1.14 bits per heavy atom. The summed E-state index contributed by atoms with van der Waals surface area (Å²) in [4.78, 5) is 20.3. The van der Waals surface area contributed by atoms with Crippen molar-refractivity contribution in [1.29, 1.82) is 0 Å². The second-order valence-electron chi connectivity index (χ2n) is 5.93. The second-order valence-corrected chi connectivity index (χ2v) is 7.74. The van der Waals surface area contributed by atoms with Gasteiger partial charge in [0.05, 0.1) is 24.1 Å². The lowest BCUT2D eigenvalue weighted by molar-refractivity contribution is 0.0526. The van der Waals surface area contributed by atoms with Crippen LogP contribution in [0.5, 0.6) is 0 Å². The lowest BCUT2D eigenvalue weighted by atomic mass is 10.1. The molecule has 3 heterocycles. The SMILES string of the molecule is CCOC(=O)c1cc(-c2ccccc2)n(S(=O)(=O)c2cnc3nccn3c2)c1. The minimum Gasteiger partial charge on any atom is -0.462 e. The highest BCUT2D eigenvalue weighted by atomic mass is 32.2. The highest BCUT2D eigenvalue weighted by Gasteiger charge is 2.25. The number of carbonyl (C=O) groups is 1. The zero-order valence-corrected chi connectivity index (χ0v) is 15.7. The highest BCUT2D eigenvalue weighted by Crippen LogP contribution is 2.27. The van der Waals surface area contributed by atoms with Crippen LogP contribution in [0.15, 0.2) is 72.3 Å². The molecule has 1 aromatic carbocycles. The quantitative estimate of drug-likeness (QED) is 0.481. The minimum atomic E-state index is -4.02. The van der Waals surface area contributed by atoms with Crippen LogP contribution in [0.3, 0.4) is 0 Å². The van der Waals surface area contributed by atoms with Crippen molar-refractivity contribution in [3.63, 3.8) is 0 Å². The third kappa shape index (κ3) is 3.05. The van der Waals surface area contributed by atoms with Crippen molar-refractivity contribution < 1.29 is 17.9 Å². The Morgan fingerprint density at radius 3 is 2.68 bits per heavy atom. The molecule has 28 heavy (non-hydrogen) atoms. The number of hydrogen-bond acceptors (Lipinski definition) is 6. The zero-order chi connectivity index (χ0) is 19.7. The van der Waals surface area contributed by atoms with E-state index in [4.69, 9.17) is 4.74 Å². The molecule has 9 heteroatoms. The molecule has 0 aliphatic rings. The molecule has 8 nitrogen and oxygen atoms in total. The lowest BCUT2D eigenvalue weighted by Crippen LogP contribution is -2.14. The number of rotatable bonds is 5. The Bertz CT molecular complexity index is 1260. The molecular formula is C19H16N4O4S. The van der Waals surface area contributed by atoms with Gasteiger partial charge in [-0.15, -0.1) is 0 Å². The zero-order valence-electron chi connectivity index (χ0n) is 14.9. The molecule has 142 valence electrons. The molecule has 0 unspecified atom stereocenters. The normalized spacial score (nSPS) is 11.6. The molecule has 4 rings (SSSR count). The van der Waals surface area contributed by atoms with E-state index in [1.165, 1.54) is 35.3 Å². The van der Waals surface area contributed by atoms with Crippen LogP contribution in [0.1, 0.15) is 17.3 Å². The van der Waals surface area contributed by atoms with Crippen LogP contribution in [0.25, 0.3) is 17.0 Å². The van der Waals surface area contributed by atoms with Crippen LogP contribution < -0.4 is 0 Å². The number of esters is 1. The van der Waals surface area contributed by atoms with E-state index in [2.05, 4.69) is 9.97 Å². The van der Waals surface area contributed by atoms with Gasteiger partial charge in [-0.05, 0) is 18.6 Å². The van der Waals surface area contributed by atoms with Crippen molar-refractivity contribution in [2.24, 2.45) is 0 Å². The highest BCUT2D eigenvalue weighted by molar-refractivity contribution is 7.90. The second kappa shape index (κ2) is 6.93. The Hall–Kier alpha value is -3.46. The number of hydrogen-bond donors (Lipinski definition) is 0. The van der Waals surface area contributed by atoms with Gasteiger partial charge in [-0.25, -0.2) is 27.2 Å². The summed E-state index contributed by atoms with van der Waals surface area (Å²) < 4.78 is 34.3. The fourth-order valence-corrected chi connectivity index (χ4v) is 4.16. The molecule has 0 aliphatic heterocycles. The van der Waals surface area contributed by atoms with Gasteiger partial charge in [-0.3, -0.25) is 4.40 Å². The third-order valence-corrected chi connectivity index (χ3v) is 5.77. The Balaban J connectivity index is 1.90. The van der Waals surface area contributed by atoms with Crippen molar-refractivity contribution in [1.82, 2.24) is 18.3 Å². The molecule has 0 spiro atoms. The standard InChI is InChI=1S/C19H16N4O4S/c1-2-27-18(24)15-10-17(14-6-4-3-5-7-14)23(12-15)28(25,26)16-11-21-19-20-8-9-22(19)13-16/h3-13H,2H2,1H3. The molecule has 0 fully saturated rings. The maximum Gasteiger partial charge on any atom is 0.339 e. The summed E-state index contributed by atoms with van der Waals surface area (Å²) in [6.45, 7) is 1.88. The molecule has 0 aliphatic carbocycles. The summed E-state index contributed by atoms with van der Waals surface area (Å²) in [6, 6.07) is 10.5. The summed E-state index contributed by atoms with van der Waals surface area (Å²) in [6.07, 6.45) is 7.09. The molecule has 0 amide bonds. The number of carbonyl (C=O) groups excluding carboxylic acids is 1. The molecule has 0 bridgehead atoms. The summed E-state index contributed by atoms with van der Waals surface area (Å²) in [5.74, 6) is -0.196. The van der Waals surface area contributed by atoms with Crippen LogP contribution in [-0.4, -0.2) is 39.3 Å². The Kier molecular flexibility index (Phi) is 4.44. The van der Waals surface area contributed by atoms with E-state index < -0.39 is 16.0 Å². The van der Waals surface area contributed by atoms with E-state index >= 15 is 0 Å². The van der Waals surface area contributed by atoms with E-state index in [0.717, 1.165) is 3.97 Å². The van der Waals surface area contributed by atoms with Gasteiger partial charge >= 0.3 is 5.97 Å². The largest absolute Gasteiger partial charge is 0.462 e. The topological polar surface area (TPSA) is 95.6 Å². The van der Waals surface area contributed by atoms with Gasteiger partial charge in [0.2, 0.25) is 5.78 Å². The molecule has 0 atom stereocenters. The van der Waals surface area contributed by atoms with E-state index in [1.807, 2.05) is 6.07 Å². The lowest BCUT2D eigenvalue weighted by Gasteiger charge is -2.10. The molecule has 0 radical (unpaired) electrons. The predicted molar refractivity (Wildman–Crippen MR) is 101 cm³/mol. The van der Waals surface area contributed by atoms with Gasteiger partial charge in [0.1, 0.15) is 4.90 Å². The first-order chi connectivity index (χ1) is 13.5. The Morgan fingerprint density at radius 2 is 1.93 bits per heavy atom. The smallest absolute Gasteiger partial charge is 0.339 e. The number of aromatic nitrogens is 4. The first-order valence-electron chi connectivity index (χ1n) is 8.50. The van der Waals surface area contributed by atoms with Gasteiger partial charge < -0.3 is 4.74 Å². The van der Waals surface area contributed by atoms with Gasteiger partial charge in [0, 0.05) is 24.8 Å². The average Bonchev–Trinajstić information content (AvgIpc) is 3.36. The van der Waals surface area contributed by atoms with Crippen molar-refractivity contribution >= 4 is 21.8 Å². The fraction of sp³-hybridized carbons (Fsp3) is 0.105. The van der Waals surface area contributed by atoms with Crippen molar-refractivity contribution in [3.05, 3.63) is 72.9 Å². The van der Waals surface area contributed by atoms with Gasteiger partial charge in [0.25, 0.3) is 10.0 Å². The Labute approximate surface area is 161 Å². The van der Waals surface area contributed by atoms with Crippen LogP contribution in [0.2, 0.25) is 0 Å². The number of nitrogens with zero attached hydrogens (tertiary/aromatic N) is 4. The number of imidazole rings is 1. The van der Waals surface area contributed by atoms with E-state index in [1.54, 1.807) is 37.4 Å². The molecule has 3 aromatic heterocycles. The van der Waals surface area contributed by atoms with Crippen molar-refractivity contribution in [2.45, 2.75) is 11.8 Å². The summed E-state index contributed by atoms with van der Waals surface area (Å²) >= 11 is 0. The summed E-state index contributed by atoms with van der Waals surface area (Å²) in [7, 11) is -4.02. The predicted octanol–water partition coefficient (Wildman–Crippen LogP) is 2.61. The van der Waals surface area contributed by atoms with Crippen molar-refractivity contribution in [2.75, 3.05) is 6.61 Å².